The number of ether oxygens (including phenoxy) is 3. The number of aliphatic imine (C=N–C) groups is 1. The molecule has 198 valence electrons. The Kier molecular flexibility index (Phi) is 9.07. The molecule has 4 rings (SSSR count). The summed E-state index contributed by atoms with van der Waals surface area (Å²) in [5, 5.41) is 9.46. The number of thioether (sulfide) groups is 1. The van der Waals surface area contributed by atoms with E-state index in [2.05, 4.69) is 27.0 Å². The number of rotatable bonds is 8. The highest BCUT2D eigenvalue weighted by Crippen LogP contribution is 2.39. The Hall–Kier alpha value is -4.07. The summed E-state index contributed by atoms with van der Waals surface area (Å²) in [6.45, 7) is 2.32. The van der Waals surface area contributed by atoms with Crippen LogP contribution in [0.3, 0.4) is 0 Å². The maximum atomic E-state index is 13.0. The number of esters is 1. The minimum Gasteiger partial charge on any atom is -0.493 e. The molecule has 0 radical (unpaired) electrons. The van der Waals surface area contributed by atoms with Gasteiger partial charge in [-0.3, -0.25) is 9.69 Å². The molecule has 0 spiro atoms. The van der Waals surface area contributed by atoms with Crippen LogP contribution in [0, 0.1) is 11.3 Å². The monoisotopic (exact) mass is 605 g/mol. The molecule has 0 aromatic heterocycles. The summed E-state index contributed by atoms with van der Waals surface area (Å²) in [5.74, 6) is 0.401. The molecule has 1 fully saturated rings. The summed E-state index contributed by atoms with van der Waals surface area (Å²) >= 11 is 4.79. The molecule has 1 aliphatic rings. The average molecular weight is 606 g/mol. The molecule has 0 aliphatic carbocycles. The molecule has 3 aromatic carbocycles. The third-order valence-corrected chi connectivity index (χ3v) is 7.25. The topological polar surface area (TPSA) is 101 Å². The number of hydrogen-bond acceptors (Lipinski definition) is 8. The summed E-state index contributed by atoms with van der Waals surface area (Å²) in [7, 11) is 3.20. The van der Waals surface area contributed by atoms with Crippen LogP contribution in [0.5, 0.6) is 11.5 Å². The van der Waals surface area contributed by atoms with Crippen molar-refractivity contribution in [1.29, 1.82) is 5.26 Å². The molecule has 0 bridgehead atoms. The van der Waals surface area contributed by atoms with Gasteiger partial charge in [-0.05, 0) is 94.3 Å². The quantitative estimate of drug-likeness (QED) is 0.219. The van der Waals surface area contributed by atoms with E-state index in [1.165, 1.54) is 16.7 Å². The van der Waals surface area contributed by atoms with E-state index in [0.29, 0.717) is 42.9 Å². The predicted octanol–water partition coefficient (Wildman–Crippen LogP) is 6.32. The molecule has 3 aromatic rings. The van der Waals surface area contributed by atoms with Crippen LogP contribution in [0.1, 0.15) is 34.0 Å². The van der Waals surface area contributed by atoms with Gasteiger partial charge in [0.2, 0.25) is 0 Å². The minimum absolute atomic E-state index is 0.198. The van der Waals surface area contributed by atoms with Crippen LogP contribution in [0.25, 0.3) is 6.08 Å². The van der Waals surface area contributed by atoms with Crippen LogP contribution in [0.4, 0.5) is 5.69 Å². The zero-order valence-electron chi connectivity index (χ0n) is 21.4. The largest absolute Gasteiger partial charge is 0.493 e. The zero-order valence-corrected chi connectivity index (χ0v) is 23.8. The van der Waals surface area contributed by atoms with Crippen molar-refractivity contribution >= 4 is 56.5 Å². The molecule has 39 heavy (non-hydrogen) atoms. The van der Waals surface area contributed by atoms with E-state index in [4.69, 9.17) is 19.5 Å². The maximum Gasteiger partial charge on any atom is 0.338 e. The van der Waals surface area contributed by atoms with Gasteiger partial charge in [0.25, 0.3) is 5.91 Å². The van der Waals surface area contributed by atoms with E-state index < -0.39 is 5.97 Å². The maximum absolute atomic E-state index is 13.0. The molecule has 0 atom stereocenters. The van der Waals surface area contributed by atoms with E-state index in [1.807, 2.05) is 18.2 Å². The van der Waals surface area contributed by atoms with Gasteiger partial charge in [0.05, 0.1) is 46.0 Å². The Morgan fingerprint density at radius 2 is 1.95 bits per heavy atom. The highest BCUT2D eigenvalue weighted by atomic mass is 79.9. The van der Waals surface area contributed by atoms with E-state index >= 15 is 0 Å². The van der Waals surface area contributed by atoms with Gasteiger partial charge in [0.15, 0.2) is 16.7 Å². The Morgan fingerprint density at radius 3 is 2.64 bits per heavy atom. The number of likely N-dealkylation sites (N-methyl/N-ethyl adjacent to an activating group) is 1. The van der Waals surface area contributed by atoms with Crippen molar-refractivity contribution in [3.8, 4) is 17.6 Å². The highest BCUT2D eigenvalue weighted by molar-refractivity contribution is 9.10. The van der Waals surface area contributed by atoms with Crippen LogP contribution >= 0.6 is 27.7 Å². The second kappa shape index (κ2) is 12.7. The number of carbonyl (C=O) groups excluding carboxylic acids is 2. The zero-order chi connectivity index (χ0) is 27.9. The van der Waals surface area contributed by atoms with Crippen molar-refractivity contribution in [1.82, 2.24) is 4.90 Å². The lowest BCUT2D eigenvalue weighted by Gasteiger charge is -2.14. The Balaban J connectivity index is 1.54. The molecule has 1 saturated heterocycles. The normalized spacial score (nSPS) is 14.9. The van der Waals surface area contributed by atoms with Crippen molar-refractivity contribution in [2.45, 2.75) is 13.5 Å². The summed E-state index contributed by atoms with van der Waals surface area (Å²) in [4.78, 5) is 31.6. The molecule has 0 saturated carbocycles. The predicted molar refractivity (Wildman–Crippen MR) is 154 cm³/mol. The van der Waals surface area contributed by atoms with E-state index in [1.54, 1.807) is 69.6 Å². The fraction of sp³-hybridized carbons (Fsp3) is 0.172. The lowest BCUT2D eigenvalue weighted by atomic mass is 10.1. The number of amidine groups is 1. The van der Waals surface area contributed by atoms with Gasteiger partial charge in [-0.25, -0.2) is 9.79 Å². The Morgan fingerprint density at radius 1 is 1.18 bits per heavy atom. The fourth-order valence-corrected chi connectivity index (χ4v) is 5.19. The lowest BCUT2D eigenvalue weighted by molar-refractivity contribution is -0.121. The lowest BCUT2D eigenvalue weighted by Crippen LogP contribution is -2.23. The minimum atomic E-state index is -0.424. The molecule has 8 nitrogen and oxygen atoms in total. The number of nitriles is 1. The van der Waals surface area contributed by atoms with Gasteiger partial charge < -0.3 is 14.2 Å². The first-order chi connectivity index (χ1) is 18.8. The summed E-state index contributed by atoms with van der Waals surface area (Å²) in [6.07, 6.45) is 1.76. The second-order valence-corrected chi connectivity index (χ2v) is 10.1. The third kappa shape index (κ3) is 6.69. The number of benzene rings is 3. The molecule has 1 amide bonds. The smallest absolute Gasteiger partial charge is 0.338 e. The number of amides is 1. The molecular formula is C29H24BrN3O5S. The number of halogens is 1. The van der Waals surface area contributed by atoms with Gasteiger partial charge in [-0.1, -0.05) is 18.2 Å². The number of methoxy groups -OCH3 is 1. The standard InChI is InChI=1S/C29H24BrN3O5S/c1-4-37-28(35)21-6-5-7-22(15-21)32-29-33(2)27(34)25(39-29)14-20-12-23(30)26(24(13-20)36-3)38-17-19-10-8-18(16-31)9-11-19/h5-15H,4,17H2,1-3H3. The van der Waals surface area contributed by atoms with E-state index in [0.717, 1.165) is 11.1 Å². The van der Waals surface area contributed by atoms with Gasteiger partial charge in [-0.2, -0.15) is 5.26 Å². The third-order valence-electron chi connectivity index (χ3n) is 5.60. The van der Waals surface area contributed by atoms with Gasteiger partial charge in [-0.15, -0.1) is 0 Å². The summed E-state index contributed by atoms with van der Waals surface area (Å²) in [5.41, 5.74) is 3.16. The molecule has 10 heteroatoms. The molecule has 1 aliphatic heterocycles. The van der Waals surface area contributed by atoms with Gasteiger partial charge in [0.1, 0.15) is 6.61 Å². The van der Waals surface area contributed by atoms with Crippen molar-refractivity contribution < 1.29 is 23.8 Å². The fourth-order valence-electron chi connectivity index (χ4n) is 3.62. The van der Waals surface area contributed by atoms with E-state index in [9.17, 15) is 9.59 Å². The Bertz CT molecular complexity index is 1510. The summed E-state index contributed by atoms with van der Waals surface area (Å²) in [6, 6.07) is 19.6. The Labute approximate surface area is 239 Å². The van der Waals surface area contributed by atoms with Crippen molar-refractivity contribution in [2.24, 2.45) is 4.99 Å². The average Bonchev–Trinajstić information content (AvgIpc) is 3.20. The van der Waals surface area contributed by atoms with E-state index in [-0.39, 0.29) is 19.1 Å². The van der Waals surface area contributed by atoms with Crippen LogP contribution in [-0.4, -0.2) is 42.7 Å². The number of hydrogen-bond donors (Lipinski definition) is 0. The second-order valence-electron chi connectivity index (χ2n) is 8.27. The first kappa shape index (κ1) is 28.0. The van der Waals surface area contributed by atoms with Gasteiger partial charge >= 0.3 is 5.97 Å². The van der Waals surface area contributed by atoms with Crippen LogP contribution in [-0.2, 0) is 16.1 Å². The molecular weight excluding hydrogens is 582 g/mol. The van der Waals surface area contributed by atoms with Crippen molar-refractivity contribution in [3.05, 3.63) is 92.3 Å². The first-order valence-electron chi connectivity index (χ1n) is 11.9. The number of nitrogens with zero attached hydrogens (tertiary/aromatic N) is 3. The first-order valence-corrected chi connectivity index (χ1v) is 13.5. The van der Waals surface area contributed by atoms with Gasteiger partial charge in [0, 0.05) is 7.05 Å². The molecule has 0 N–H and O–H groups in total. The summed E-state index contributed by atoms with van der Waals surface area (Å²) < 4.78 is 17.3. The van der Waals surface area contributed by atoms with Crippen molar-refractivity contribution in [3.63, 3.8) is 0 Å². The SMILES string of the molecule is CCOC(=O)c1cccc(N=C2SC(=Cc3cc(Br)c(OCc4ccc(C#N)cc4)c(OC)c3)C(=O)N2C)c1. The van der Waals surface area contributed by atoms with Crippen LogP contribution in [0.15, 0.2) is 75.0 Å². The van der Waals surface area contributed by atoms with Crippen LogP contribution in [0.2, 0.25) is 0 Å². The number of carbonyl (C=O) groups is 2. The van der Waals surface area contributed by atoms with Crippen LogP contribution < -0.4 is 9.47 Å². The molecule has 1 heterocycles. The van der Waals surface area contributed by atoms with Crippen molar-refractivity contribution in [2.75, 3.05) is 20.8 Å². The molecule has 0 unspecified atom stereocenters. The highest BCUT2D eigenvalue weighted by Gasteiger charge is 2.30.